The fraction of sp³-hybridized carbons (Fsp3) is 0.440. The quantitative estimate of drug-likeness (QED) is 0.535. The first kappa shape index (κ1) is 21.5. The van der Waals surface area contributed by atoms with Gasteiger partial charge in [-0.3, -0.25) is 9.88 Å². The maximum Gasteiger partial charge on any atom is 0.140 e. The molecule has 1 aromatic carbocycles. The number of ether oxygens (including phenoxy) is 1. The summed E-state index contributed by atoms with van der Waals surface area (Å²) in [7, 11) is 0. The zero-order valence-electron chi connectivity index (χ0n) is 18.7. The van der Waals surface area contributed by atoms with Gasteiger partial charge in [-0.1, -0.05) is 24.3 Å². The third-order valence-corrected chi connectivity index (χ3v) is 5.88. The molecule has 1 fully saturated rings. The van der Waals surface area contributed by atoms with Gasteiger partial charge in [0.05, 0.1) is 18.5 Å². The summed E-state index contributed by atoms with van der Waals surface area (Å²) < 4.78 is 5.56. The van der Waals surface area contributed by atoms with Crippen molar-refractivity contribution < 1.29 is 4.74 Å². The second-order valence-electron chi connectivity index (χ2n) is 8.09. The van der Waals surface area contributed by atoms with Crippen LogP contribution in [0.5, 0.6) is 5.75 Å². The summed E-state index contributed by atoms with van der Waals surface area (Å²) in [6.07, 6.45) is 4.90. The van der Waals surface area contributed by atoms with Gasteiger partial charge in [0.25, 0.3) is 0 Å². The van der Waals surface area contributed by atoms with E-state index in [2.05, 4.69) is 68.4 Å². The average Bonchev–Trinajstić information content (AvgIpc) is 2.81. The van der Waals surface area contributed by atoms with Crippen LogP contribution in [0.4, 0.5) is 5.82 Å². The van der Waals surface area contributed by atoms with Crippen molar-refractivity contribution in [1.82, 2.24) is 20.2 Å². The van der Waals surface area contributed by atoms with Gasteiger partial charge in [0, 0.05) is 44.3 Å². The molecule has 6 heteroatoms. The molecule has 1 saturated heterocycles. The van der Waals surface area contributed by atoms with E-state index < -0.39 is 0 Å². The summed E-state index contributed by atoms with van der Waals surface area (Å²) in [6, 6.07) is 12.7. The molecule has 164 valence electrons. The highest BCUT2D eigenvalue weighted by atomic mass is 16.5. The molecule has 0 saturated carbocycles. The van der Waals surface area contributed by atoms with Gasteiger partial charge in [0.2, 0.25) is 0 Å². The largest absolute Gasteiger partial charge is 0.492 e. The first-order valence-electron chi connectivity index (χ1n) is 11.3. The number of rotatable bonds is 9. The lowest BCUT2D eigenvalue weighted by atomic mass is 10.1. The average molecular weight is 420 g/mol. The standard InChI is InChI=1S/C25H33N5O/c1-3-31-24-19-28-22(17-20(24)2)18-26-10-6-12-29-13-15-30(16-14-29)25-23-8-5-4-7-21(23)9-11-27-25/h4-5,7-9,11,17,19,26H,3,6,10,12-16,18H2,1-2H3. The molecular weight excluding hydrogens is 386 g/mol. The minimum absolute atomic E-state index is 0.673. The number of hydrogen-bond donors (Lipinski definition) is 1. The van der Waals surface area contributed by atoms with Gasteiger partial charge in [-0.15, -0.1) is 0 Å². The molecule has 3 heterocycles. The first-order valence-corrected chi connectivity index (χ1v) is 11.3. The Balaban J connectivity index is 1.18. The van der Waals surface area contributed by atoms with Crippen LogP contribution in [0.3, 0.4) is 0 Å². The summed E-state index contributed by atoms with van der Waals surface area (Å²) in [4.78, 5) is 14.2. The van der Waals surface area contributed by atoms with Crippen LogP contribution in [0.1, 0.15) is 24.6 Å². The van der Waals surface area contributed by atoms with Crippen LogP contribution in [-0.4, -0.2) is 60.7 Å². The minimum Gasteiger partial charge on any atom is -0.492 e. The predicted octanol–water partition coefficient (Wildman–Crippen LogP) is 3.64. The van der Waals surface area contributed by atoms with Gasteiger partial charge in [-0.05, 0) is 56.4 Å². The van der Waals surface area contributed by atoms with Gasteiger partial charge in [-0.25, -0.2) is 4.98 Å². The number of aromatic nitrogens is 2. The van der Waals surface area contributed by atoms with E-state index in [1.165, 1.54) is 10.8 Å². The Morgan fingerprint density at radius 3 is 2.71 bits per heavy atom. The fourth-order valence-electron chi connectivity index (χ4n) is 4.19. The van der Waals surface area contributed by atoms with Gasteiger partial charge >= 0.3 is 0 Å². The molecule has 0 aliphatic carbocycles. The molecular formula is C25H33N5O. The molecule has 1 aliphatic rings. The van der Waals surface area contributed by atoms with E-state index in [1.54, 1.807) is 0 Å². The third kappa shape index (κ3) is 5.51. The van der Waals surface area contributed by atoms with Crippen molar-refractivity contribution in [2.24, 2.45) is 0 Å². The number of aryl methyl sites for hydroxylation is 1. The van der Waals surface area contributed by atoms with Crippen molar-refractivity contribution in [3.63, 3.8) is 0 Å². The van der Waals surface area contributed by atoms with E-state index in [4.69, 9.17) is 4.74 Å². The van der Waals surface area contributed by atoms with E-state index in [0.717, 1.165) is 75.1 Å². The van der Waals surface area contributed by atoms with Gasteiger partial charge < -0.3 is 15.0 Å². The number of nitrogens with one attached hydrogen (secondary N) is 1. The maximum atomic E-state index is 5.56. The molecule has 31 heavy (non-hydrogen) atoms. The Labute approximate surface area is 185 Å². The van der Waals surface area contributed by atoms with E-state index in [1.807, 2.05) is 19.3 Å². The third-order valence-electron chi connectivity index (χ3n) is 5.88. The second kappa shape index (κ2) is 10.6. The van der Waals surface area contributed by atoms with Crippen LogP contribution in [0.2, 0.25) is 0 Å². The molecule has 0 amide bonds. The molecule has 0 spiro atoms. The van der Waals surface area contributed by atoms with Crippen LogP contribution >= 0.6 is 0 Å². The Kier molecular flexibility index (Phi) is 7.33. The lowest BCUT2D eigenvalue weighted by Gasteiger charge is -2.35. The van der Waals surface area contributed by atoms with E-state index in [-0.39, 0.29) is 0 Å². The molecule has 6 nitrogen and oxygen atoms in total. The van der Waals surface area contributed by atoms with Crippen molar-refractivity contribution in [3.8, 4) is 5.75 Å². The minimum atomic E-state index is 0.673. The summed E-state index contributed by atoms with van der Waals surface area (Å²) in [6.45, 7) is 11.9. The van der Waals surface area contributed by atoms with Crippen LogP contribution in [0.25, 0.3) is 10.8 Å². The number of hydrogen-bond acceptors (Lipinski definition) is 6. The number of piperazine rings is 1. The number of benzene rings is 1. The Morgan fingerprint density at radius 2 is 1.90 bits per heavy atom. The van der Waals surface area contributed by atoms with Gasteiger partial charge in [0.15, 0.2) is 0 Å². The van der Waals surface area contributed by atoms with E-state index in [0.29, 0.717) is 6.61 Å². The Morgan fingerprint density at radius 1 is 1.06 bits per heavy atom. The molecule has 0 radical (unpaired) electrons. The maximum absolute atomic E-state index is 5.56. The monoisotopic (exact) mass is 419 g/mol. The van der Waals surface area contributed by atoms with Crippen LogP contribution in [0.15, 0.2) is 48.8 Å². The van der Waals surface area contributed by atoms with Crippen LogP contribution in [-0.2, 0) is 6.54 Å². The van der Waals surface area contributed by atoms with Gasteiger partial charge in [-0.2, -0.15) is 0 Å². The first-order chi connectivity index (χ1) is 15.2. The predicted molar refractivity (Wildman–Crippen MR) is 127 cm³/mol. The lowest BCUT2D eigenvalue weighted by molar-refractivity contribution is 0.253. The molecule has 3 aromatic rings. The molecule has 0 unspecified atom stereocenters. The molecule has 2 aromatic heterocycles. The van der Waals surface area contributed by atoms with E-state index in [9.17, 15) is 0 Å². The fourth-order valence-corrected chi connectivity index (χ4v) is 4.19. The summed E-state index contributed by atoms with van der Waals surface area (Å²) in [5, 5.41) is 6.04. The highest BCUT2D eigenvalue weighted by Crippen LogP contribution is 2.25. The summed E-state index contributed by atoms with van der Waals surface area (Å²) >= 11 is 0. The number of nitrogens with zero attached hydrogens (tertiary/aromatic N) is 4. The SMILES string of the molecule is CCOc1cnc(CNCCCN2CCN(c3nccc4ccccc34)CC2)cc1C. The van der Waals surface area contributed by atoms with Crippen molar-refractivity contribution >= 4 is 16.6 Å². The summed E-state index contributed by atoms with van der Waals surface area (Å²) in [5.74, 6) is 2.00. The van der Waals surface area contributed by atoms with Crippen molar-refractivity contribution in [2.45, 2.75) is 26.8 Å². The lowest BCUT2D eigenvalue weighted by Crippen LogP contribution is -2.47. The Hall–Kier alpha value is -2.70. The summed E-state index contributed by atoms with van der Waals surface area (Å²) in [5.41, 5.74) is 2.21. The second-order valence-corrected chi connectivity index (χ2v) is 8.09. The van der Waals surface area contributed by atoms with Crippen molar-refractivity contribution in [2.75, 3.05) is 50.8 Å². The molecule has 0 bridgehead atoms. The smallest absolute Gasteiger partial charge is 0.140 e. The van der Waals surface area contributed by atoms with Crippen molar-refractivity contribution in [3.05, 3.63) is 60.0 Å². The molecule has 4 rings (SSSR count). The number of pyridine rings is 2. The van der Waals surface area contributed by atoms with Crippen molar-refractivity contribution in [1.29, 1.82) is 0 Å². The van der Waals surface area contributed by atoms with Crippen LogP contribution in [0, 0.1) is 6.92 Å². The Bertz CT molecular complexity index is 979. The molecule has 1 N–H and O–H groups in total. The zero-order valence-corrected chi connectivity index (χ0v) is 18.7. The normalized spacial score (nSPS) is 14.8. The topological polar surface area (TPSA) is 53.5 Å². The molecule has 1 aliphatic heterocycles. The van der Waals surface area contributed by atoms with Crippen LogP contribution < -0.4 is 15.0 Å². The highest BCUT2D eigenvalue weighted by molar-refractivity contribution is 5.92. The van der Waals surface area contributed by atoms with E-state index >= 15 is 0 Å². The highest BCUT2D eigenvalue weighted by Gasteiger charge is 2.19. The van der Waals surface area contributed by atoms with Gasteiger partial charge in [0.1, 0.15) is 11.6 Å². The molecule has 0 atom stereocenters. The number of anilines is 1. The number of fused-ring (bicyclic) bond motifs is 1. The zero-order chi connectivity index (χ0) is 21.5.